The van der Waals surface area contributed by atoms with Gasteiger partial charge in [-0.25, -0.2) is 0 Å². The number of benzene rings is 2. The molecule has 0 bridgehead atoms. The van der Waals surface area contributed by atoms with Gasteiger partial charge in [-0.15, -0.1) is 0 Å². The average molecular weight is 487 g/mol. The van der Waals surface area contributed by atoms with Gasteiger partial charge in [-0.1, -0.05) is 46.4 Å². The monoisotopic (exact) mass is 485 g/mol. The quantitative estimate of drug-likeness (QED) is 0.488. The van der Waals surface area contributed by atoms with Crippen LogP contribution in [0.5, 0.6) is 11.5 Å². The Morgan fingerprint density at radius 2 is 1.13 bits per heavy atom. The lowest BCUT2D eigenvalue weighted by Gasteiger charge is -2.32. The van der Waals surface area contributed by atoms with Crippen molar-refractivity contribution in [3.05, 3.63) is 66.6 Å². The maximum Gasteiger partial charge on any atom is 0.187 e. The van der Waals surface area contributed by atoms with Crippen LogP contribution in [0.1, 0.15) is 25.0 Å². The normalized spacial score (nSPS) is 18.0. The number of Topliss-reactive ketones (excluding diaryl/α,β-unsaturated/α-hetero) is 1. The Morgan fingerprint density at radius 3 is 1.43 bits per heavy atom. The van der Waals surface area contributed by atoms with Crippen LogP contribution >= 0.6 is 46.4 Å². The lowest BCUT2D eigenvalue weighted by molar-refractivity contribution is -0.113. The topological polar surface area (TPSA) is 60.8 Å². The van der Waals surface area contributed by atoms with Crippen molar-refractivity contribution in [1.29, 1.82) is 0 Å². The summed E-state index contributed by atoms with van der Waals surface area (Å²) in [6, 6.07) is 6.42. The molecule has 1 saturated heterocycles. The molecular weight excluding hydrogens is 468 g/mol. The Morgan fingerprint density at radius 1 is 0.800 bits per heavy atom. The van der Waals surface area contributed by atoms with Crippen LogP contribution in [0.25, 0.3) is 12.2 Å². The zero-order valence-electron chi connectivity index (χ0n) is 16.2. The Labute approximate surface area is 194 Å². The first-order chi connectivity index (χ1) is 14.1. The van der Waals surface area contributed by atoms with Crippen LogP contribution < -0.4 is 0 Å². The maximum atomic E-state index is 13.2. The van der Waals surface area contributed by atoms with Gasteiger partial charge in [0.25, 0.3) is 0 Å². The predicted molar refractivity (Wildman–Crippen MR) is 124 cm³/mol. The minimum absolute atomic E-state index is 0.113. The van der Waals surface area contributed by atoms with Crippen molar-refractivity contribution in [2.75, 3.05) is 13.1 Å². The number of carbonyl (C=O) groups excluding carboxylic acids is 1. The molecule has 0 saturated carbocycles. The highest BCUT2D eigenvalue weighted by molar-refractivity contribution is 6.38. The standard InChI is InChI=1S/C22H19Cl4NO3/c1-11(2)27-9-14(3-12-5-16(23)21(29)17(24)6-12)20(28)15(10-27)4-13-7-18(25)22(30)19(26)8-13/h3-8,11,29-30H,9-10H2,1-2H3/b14-3+,15-4+. The van der Waals surface area contributed by atoms with Crippen LogP contribution in [-0.4, -0.2) is 40.0 Å². The highest BCUT2D eigenvalue weighted by Gasteiger charge is 2.27. The molecule has 0 atom stereocenters. The van der Waals surface area contributed by atoms with Crippen LogP contribution in [0.3, 0.4) is 0 Å². The number of phenols is 2. The highest BCUT2D eigenvalue weighted by Crippen LogP contribution is 2.35. The molecule has 0 aliphatic carbocycles. The van der Waals surface area contributed by atoms with Crippen LogP contribution in [0.4, 0.5) is 0 Å². The fourth-order valence-corrected chi connectivity index (χ4v) is 4.18. The molecule has 0 radical (unpaired) electrons. The van der Waals surface area contributed by atoms with Gasteiger partial charge in [-0.05, 0) is 61.4 Å². The molecule has 0 spiro atoms. The second kappa shape index (κ2) is 9.21. The lowest BCUT2D eigenvalue weighted by atomic mass is 9.93. The third kappa shape index (κ3) is 4.96. The zero-order chi connectivity index (χ0) is 22.2. The van der Waals surface area contributed by atoms with Crippen molar-refractivity contribution in [3.8, 4) is 11.5 Å². The number of hydrogen-bond donors (Lipinski definition) is 2. The molecule has 1 fully saturated rings. The largest absolute Gasteiger partial charge is 0.505 e. The maximum absolute atomic E-state index is 13.2. The molecule has 0 unspecified atom stereocenters. The van der Waals surface area contributed by atoms with Crippen molar-refractivity contribution in [2.24, 2.45) is 0 Å². The van der Waals surface area contributed by atoms with Crippen LogP contribution in [-0.2, 0) is 4.79 Å². The summed E-state index contributed by atoms with van der Waals surface area (Å²) in [4.78, 5) is 15.3. The highest BCUT2D eigenvalue weighted by atomic mass is 35.5. The number of rotatable bonds is 3. The summed E-state index contributed by atoms with van der Waals surface area (Å²) in [6.07, 6.45) is 3.44. The van der Waals surface area contributed by atoms with Gasteiger partial charge in [0.05, 0.1) is 20.1 Å². The predicted octanol–water partition coefficient (Wildman–Crippen LogP) is 6.47. The van der Waals surface area contributed by atoms with E-state index in [4.69, 9.17) is 46.4 Å². The van der Waals surface area contributed by atoms with Crippen molar-refractivity contribution >= 4 is 64.3 Å². The number of carbonyl (C=O) groups is 1. The summed E-state index contributed by atoms with van der Waals surface area (Å²) >= 11 is 24.1. The molecule has 4 nitrogen and oxygen atoms in total. The molecular formula is C22H19Cl4NO3. The molecule has 158 valence electrons. The summed E-state index contributed by atoms with van der Waals surface area (Å²) in [6.45, 7) is 5.02. The number of likely N-dealkylation sites (tertiary alicyclic amines) is 1. The molecule has 2 N–H and O–H groups in total. The molecule has 1 heterocycles. The van der Waals surface area contributed by atoms with E-state index >= 15 is 0 Å². The Balaban J connectivity index is 2.04. The van der Waals surface area contributed by atoms with E-state index in [1.54, 1.807) is 36.4 Å². The Bertz CT molecular complexity index is 951. The molecule has 1 aliphatic rings. The molecule has 3 rings (SSSR count). The molecule has 0 amide bonds. The van der Waals surface area contributed by atoms with E-state index in [1.165, 1.54) is 0 Å². The fourth-order valence-electron chi connectivity index (χ4n) is 3.17. The SMILES string of the molecule is CC(C)N1C/C(=C\c2cc(Cl)c(O)c(Cl)c2)C(=O)/C(=C/c2cc(Cl)c(O)c(Cl)c2)C1. The molecule has 2 aromatic rings. The summed E-state index contributed by atoms with van der Waals surface area (Å²) in [5.41, 5.74) is 2.36. The van der Waals surface area contributed by atoms with Crippen LogP contribution in [0.15, 0.2) is 35.4 Å². The van der Waals surface area contributed by atoms with E-state index in [2.05, 4.69) is 4.90 Å². The number of phenolic OH excluding ortho intramolecular Hbond substituents is 2. The minimum Gasteiger partial charge on any atom is -0.505 e. The number of halogens is 4. The van der Waals surface area contributed by atoms with Gasteiger partial charge >= 0.3 is 0 Å². The first-order valence-corrected chi connectivity index (χ1v) is 10.6. The van der Waals surface area contributed by atoms with Gasteiger partial charge in [-0.3, -0.25) is 9.69 Å². The summed E-state index contributed by atoms with van der Waals surface area (Å²) < 4.78 is 0. The van der Waals surface area contributed by atoms with Gasteiger partial charge in [0.2, 0.25) is 0 Å². The minimum atomic E-state index is -0.194. The average Bonchev–Trinajstić information content (AvgIpc) is 2.66. The van der Waals surface area contributed by atoms with E-state index in [0.29, 0.717) is 35.4 Å². The lowest BCUT2D eigenvalue weighted by Crippen LogP contribution is -2.41. The number of nitrogens with zero attached hydrogens (tertiary/aromatic N) is 1. The summed E-state index contributed by atoms with van der Waals surface area (Å²) in [5, 5.41) is 20.0. The van der Waals surface area contributed by atoms with Crippen molar-refractivity contribution < 1.29 is 15.0 Å². The van der Waals surface area contributed by atoms with E-state index in [0.717, 1.165) is 0 Å². The van der Waals surface area contributed by atoms with Gasteiger partial charge in [0.1, 0.15) is 0 Å². The summed E-state index contributed by atoms with van der Waals surface area (Å²) in [7, 11) is 0. The van der Waals surface area contributed by atoms with Gasteiger partial charge in [0, 0.05) is 30.3 Å². The second-order valence-corrected chi connectivity index (χ2v) is 8.96. The molecule has 1 aliphatic heterocycles. The third-order valence-electron chi connectivity index (χ3n) is 4.82. The first kappa shape index (κ1) is 23.0. The Kier molecular flexibility index (Phi) is 7.05. The van der Waals surface area contributed by atoms with Gasteiger partial charge in [-0.2, -0.15) is 0 Å². The van der Waals surface area contributed by atoms with E-state index in [-0.39, 0.29) is 43.4 Å². The van der Waals surface area contributed by atoms with E-state index in [1.807, 2.05) is 13.8 Å². The fraction of sp³-hybridized carbons (Fsp3) is 0.227. The zero-order valence-corrected chi connectivity index (χ0v) is 19.2. The van der Waals surface area contributed by atoms with Crippen LogP contribution in [0.2, 0.25) is 20.1 Å². The number of ketones is 1. The second-order valence-electron chi connectivity index (χ2n) is 7.33. The molecule has 0 aromatic heterocycles. The number of piperidine rings is 1. The third-order valence-corrected chi connectivity index (χ3v) is 5.97. The smallest absolute Gasteiger partial charge is 0.187 e. The van der Waals surface area contributed by atoms with Crippen molar-refractivity contribution in [3.63, 3.8) is 0 Å². The first-order valence-electron chi connectivity index (χ1n) is 9.12. The van der Waals surface area contributed by atoms with Crippen molar-refractivity contribution in [2.45, 2.75) is 19.9 Å². The summed E-state index contributed by atoms with van der Waals surface area (Å²) in [5.74, 6) is -0.505. The van der Waals surface area contributed by atoms with Gasteiger partial charge in [0.15, 0.2) is 17.3 Å². The molecule has 2 aromatic carbocycles. The Hall–Kier alpha value is -1.69. The number of hydrogen-bond acceptors (Lipinski definition) is 4. The molecule has 30 heavy (non-hydrogen) atoms. The van der Waals surface area contributed by atoms with Gasteiger partial charge < -0.3 is 10.2 Å². The van der Waals surface area contributed by atoms with Crippen molar-refractivity contribution in [1.82, 2.24) is 4.90 Å². The molecule has 8 heteroatoms. The van der Waals surface area contributed by atoms with Crippen LogP contribution in [0, 0.1) is 0 Å². The van der Waals surface area contributed by atoms with E-state index in [9.17, 15) is 15.0 Å². The number of aromatic hydroxyl groups is 2. The van der Waals surface area contributed by atoms with E-state index < -0.39 is 0 Å².